The zero-order valence-corrected chi connectivity index (χ0v) is 20.4. The highest BCUT2D eigenvalue weighted by Gasteiger charge is 2.13. The molecule has 0 aliphatic heterocycles. The second-order valence-corrected chi connectivity index (χ2v) is 8.84. The van der Waals surface area contributed by atoms with Crippen molar-refractivity contribution >= 4 is 50.3 Å². The van der Waals surface area contributed by atoms with Crippen molar-refractivity contribution in [2.45, 2.75) is 13.2 Å². The van der Waals surface area contributed by atoms with Gasteiger partial charge in [-0.2, -0.15) is 5.26 Å². The molecule has 4 nitrogen and oxygen atoms in total. The number of nitriles is 1. The summed E-state index contributed by atoms with van der Waals surface area (Å²) < 4.78 is 6.67. The fourth-order valence-electron chi connectivity index (χ4n) is 3.56. The minimum atomic E-state index is -0.449. The molecule has 0 saturated carbocycles. The molecule has 0 radical (unpaired) electrons. The molecule has 0 unspecified atom stereocenters. The fraction of sp³-hybridized carbons (Fsp3) is 0.0714. The van der Waals surface area contributed by atoms with Crippen LogP contribution in [0.4, 0.5) is 0 Å². The summed E-state index contributed by atoms with van der Waals surface area (Å²) >= 11 is 10.0. The van der Waals surface area contributed by atoms with E-state index in [2.05, 4.69) is 39.4 Å². The van der Waals surface area contributed by atoms with Crippen molar-refractivity contribution in [3.8, 4) is 11.8 Å². The van der Waals surface area contributed by atoms with Crippen molar-refractivity contribution in [3.63, 3.8) is 0 Å². The molecule has 0 spiro atoms. The van der Waals surface area contributed by atoms with Crippen LogP contribution in [0.2, 0.25) is 5.02 Å². The largest absolute Gasteiger partial charge is 0.486 e. The maximum atomic E-state index is 12.5. The van der Waals surface area contributed by atoms with E-state index in [9.17, 15) is 10.1 Å². The molecule has 4 rings (SSSR count). The normalized spacial score (nSPS) is 11.1. The van der Waals surface area contributed by atoms with Crippen LogP contribution in [0.25, 0.3) is 16.8 Å². The maximum absolute atomic E-state index is 12.5. The van der Waals surface area contributed by atoms with Gasteiger partial charge in [0.15, 0.2) is 5.75 Å². The van der Waals surface area contributed by atoms with Crippen molar-refractivity contribution in [1.82, 2.24) is 5.32 Å². The first-order chi connectivity index (χ1) is 16.5. The van der Waals surface area contributed by atoms with E-state index < -0.39 is 5.91 Å². The quantitative estimate of drug-likeness (QED) is 0.205. The predicted octanol–water partition coefficient (Wildman–Crippen LogP) is 7.06. The first kappa shape index (κ1) is 23.6. The highest BCUT2D eigenvalue weighted by molar-refractivity contribution is 9.10. The average molecular weight is 532 g/mol. The highest BCUT2D eigenvalue weighted by Crippen LogP contribution is 2.36. The summed E-state index contributed by atoms with van der Waals surface area (Å²) in [5.74, 6) is 0.0497. The Morgan fingerprint density at radius 2 is 1.76 bits per heavy atom. The zero-order chi connectivity index (χ0) is 23.9. The van der Waals surface area contributed by atoms with Gasteiger partial charge in [0, 0.05) is 6.54 Å². The number of rotatable bonds is 7. The Hall–Kier alpha value is -3.59. The van der Waals surface area contributed by atoms with Crippen LogP contribution in [0.15, 0.2) is 95.0 Å². The number of nitrogens with one attached hydrogen (secondary N) is 1. The van der Waals surface area contributed by atoms with Crippen LogP contribution in [-0.4, -0.2) is 5.91 Å². The molecule has 0 fully saturated rings. The third kappa shape index (κ3) is 5.66. The van der Waals surface area contributed by atoms with E-state index in [1.165, 1.54) is 6.08 Å². The lowest BCUT2D eigenvalue weighted by atomic mass is 10.1. The molecular formula is C28H20BrClN2O2. The number of carbonyl (C=O) groups is 1. The Morgan fingerprint density at radius 1 is 1.03 bits per heavy atom. The summed E-state index contributed by atoms with van der Waals surface area (Å²) in [5, 5.41) is 14.9. The van der Waals surface area contributed by atoms with E-state index >= 15 is 0 Å². The first-order valence-corrected chi connectivity index (χ1v) is 11.7. The topological polar surface area (TPSA) is 62.1 Å². The summed E-state index contributed by atoms with van der Waals surface area (Å²) in [7, 11) is 0. The SMILES string of the molecule is N#C/C(=C/c1cc(Cl)c(OCc2cccc3ccccc23)c(Br)c1)C(=O)NCc1ccccc1. The zero-order valence-electron chi connectivity index (χ0n) is 18.1. The molecule has 0 aliphatic carbocycles. The molecule has 0 atom stereocenters. The number of benzene rings is 4. The van der Waals surface area contributed by atoms with E-state index in [4.69, 9.17) is 16.3 Å². The molecule has 4 aromatic carbocycles. The van der Waals surface area contributed by atoms with Crippen LogP contribution < -0.4 is 10.1 Å². The molecule has 0 aliphatic rings. The first-order valence-electron chi connectivity index (χ1n) is 10.6. The molecule has 4 aromatic rings. The lowest BCUT2D eigenvalue weighted by molar-refractivity contribution is -0.117. The molecule has 168 valence electrons. The number of halogens is 2. The van der Waals surface area contributed by atoms with E-state index in [-0.39, 0.29) is 5.57 Å². The van der Waals surface area contributed by atoms with Gasteiger partial charge in [-0.05, 0) is 61.6 Å². The van der Waals surface area contributed by atoms with Crippen LogP contribution in [0.1, 0.15) is 16.7 Å². The number of fused-ring (bicyclic) bond motifs is 1. The monoisotopic (exact) mass is 530 g/mol. The van der Waals surface area contributed by atoms with Crippen molar-refractivity contribution in [1.29, 1.82) is 5.26 Å². The summed E-state index contributed by atoms with van der Waals surface area (Å²) in [6, 6.07) is 29.1. The Morgan fingerprint density at radius 3 is 2.53 bits per heavy atom. The van der Waals surface area contributed by atoms with Gasteiger partial charge in [-0.25, -0.2) is 0 Å². The minimum absolute atomic E-state index is 0.0108. The van der Waals surface area contributed by atoms with Gasteiger partial charge in [-0.15, -0.1) is 0 Å². The molecule has 0 heterocycles. The molecule has 34 heavy (non-hydrogen) atoms. The fourth-order valence-corrected chi connectivity index (χ4v) is 4.55. The standard InChI is InChI=1S/C28H20BrClN2O2/c29-25-14-20(13-23(16-31)28(33)32-17-19-7-2-1-3-8-19)15-26(30)27(25)34-18-22-11-6-10-21-9-4-5-12-24(21)22/h1-15H,17-18H2,(H,32,33)/b23-13-. The van der Waals surface area contributed by atoms with E-state index in [0.717, 1.165) is 21.9 Å². The van der Waals surface area contributed by atoms with E-state index in [0.29, 0.717) is 34.0 Å². The van der Waals surface area contributed by atoms with Gasteiger partial charge >= 0.3 is 0 Å². The van der Waals surface area contributed by atoms with E-state index in [1.807, 2.05) is 60.7 Å². The number of hydrogen-bond acceptors (Lipinski definition) is 3. The smallest absolute Gasteiger partial charge is 0.262 e. The van der Waals surface area contributed by atoms with Crippen molar-refractivity contribution in [3.05, 3.63) is 117 Å². The number of ether oxygens (including phenoxy) is 1. The van der Waals surface area contributed by atoms with Gasteiger partial charge in [0.1, 0.15) is 18.2 Å². The maximum Gasteiger partial charge on any atom is 0.262 e. The van der Waals surface area contributed by atoms with Crippen LogP contribution in [-0.2, 0) is 17.9 Å². The number of nitrogens with zero attached hydrogens (tertiary/aromatic N) is 1. The van der Waals surface area contributed by atoms with Gasteiger partial charge in [0.25, 0.3) is 5.91 Å². The molecule has 0 aromatic heterocycles. The van der Waals surface area contributed by atoms with Crippen LogP contribution in [0.3, 0.4) is 0 Å². The molecule has 1 amide bonds. The number of carbonyl (C=O) groups excluding carboxylic acids is 1. The van der Waals surface area contributed by atoms with Crippen molar-refractivity contribution < 1.29 is 9.53 Å². The summed E-state index contributed by atoms with van der Waals surface area (Å²) in [4.78, 5) is 12.5. The van der Waals surface area contributed by atoms with Gasteiger partial charge in [-0.3, -0.25) is 4.79 Å². The Balaban J connectivity index is 1.49. The molecule has 1 N–H and O–H groups in total. The highest BCUT2D eigenvalue weighted by atomic mass is 79.9. The third-order valence-electron chi connectivity index (χ3n) is 5.24. The van der Waals surface area contributed by atoms with Gasteiger partial charge in [0.05, 0.1) is 9.50 Å². The lowest BCUT2D eigenvalue weighted by Gasteiger charge is -2.13. The number of hydrogen-bond donors (Lipinski definition) is 1. The van der Waals surface area contributed by atoms with Crippen LogP contribution >= 0.6 is 27.5 Å². The van der Waals surface area contributed by atoms with Gasteiger partial charge < -0.3 is 10.1 Å². The Labute approximate surface area is 211 Å². The summed E-state index contributed by atoms with van der Waals surface area (Å²) in [6.45, 7) is 0.685. The summed E-state index contributed by atoms with van der Waals surface area (Å²) in [6.07, 6.45) is 1.51. The van der Waals surface area contributed by atoms with E-state index in [1.54, 1.807) is 12.1 Å². The molecule has 0 saturated heterocycles. The van der Waals surface area contributed by atoms with Gasteiger partial charge in [-0.1, -0.05) is 84.4 Å². The third-order valence-corrected chi connectivity index (χ3v) is 6.11. The number of amides is 1. The minimum Gasteiger partial charge on any atom is -0.486 e. The average Bonchev–Trinajstić information content (AvgIpc) is 2.86. The Bertz CT molecular complexity index is 1380. The predicted molar refractivity (Wildman–Crippen MR) is 139 cm³/mol. The van der Waals surface area contributed by atoms with Crippen LogP contribution in [0.5, 0.6) is 5.75 Å². The summed E-state index contributed by atoms with van der Waals surface area (Å²) in [5.41, 5.74) is 2.60. The van der Waals surface area contributed by atoms with Gasteiger partial charge in [0.2, 0.25) is 0 Å². The molecule has 0 bridgehead atoms. The molecular weight excluding hydrogens is 512 g/mol. The van der Waals surface area contributed by atoms with Crippen LogP contribution in [0, 0.1) is 11.3 Å². The lowest BCUT2D eigenvalue weighted by Crippen LogP contribution is -2.23. The Kier molecular flexibility index (Phi) is 7.64. The second-order valence-electron chi connectivity index (χ2n) is 7.58. The second kappa shape index (κ2) is 11.0. The van der Waals surface area contributed by atoms with Crippen molar-refractivity contribution in [2.75, 3.05) is 0 Å². The van der Waals surface area contributed by atoms with Crippen molar-refractivity contribution in [2.24, 2.45) is 0 Å². The molecule has 6 heteroatoms.